The lowest BCUT2D eigenvalue weighted by molar-refractivity contribution is -0.137. The highest BCUT2D eigenvalue weighted by atomic mass is 32.1. The summed E-state index contributed by atoms with van der Waals surface area (Å²) in [5.41, 5.74) is 1.06. The average Bonchev–Trinajstić information content (AvgIpc) is 2.76. The molecule has 1 rings (SSSR count). The molecule has 0 saturated heterocycles. The third kappa shape index (κ3) is 5.91. The number of hydrogen-bond acceptors (Lipinski definition) is 3. The summed E-state index contributed by atoms with van der Waals surface area (Å²) in [6.45, 7) is 2.27. The maximum absolute atomic E-state index is 11.4. The van der Waals surface area contributed by atoms with Crippen LogP contribution in [0, 0.1) is 0 Å². The maximum atomic E-state index is 11.4. The molecule has 3 N–H and O–H groups in total. The van der Waals surface area contributed by atoms with Gasteiger partial charge in [0, 0.05) is 19.0 Å². The van der Waals surface area contributed by atoms with Crippen LogP contribution >= 0.6 is 11.3 Å². The molecule has 1 aromatic rings. The molecule has 1 unspecified atom stereocenters. The van der Waals surface area contributed by atoms with E-state index in [2.05, 4.69) is 10.6 Å². The predicted octanol–water partition coefficient (Wildman–Crippen LogP) is 1.80. The number of carboxylic acid groups (broad SMARTS) is 1. The molecule has 0 saturated carbocycles. The molecule has 17 heavy (non-hydrogen) atoms. The van der Waals surface area contributed by atoms with Gasteiger partial charge in [-0.2, -0.15) is 11.3 Å². The van der Waals surface area contributed by atoms with E-state index in [0.29, 0.717) is 13.0 Å². The minimum atomic E-state index is -0.850. The average molecular weight is 256 g/mol. The number of rotatable bonds is 6. The summed E-state index contributed by atoms with van der Waals surface area (Å²) in [5.74, 6) is -0.850. The first-order valence-corrected chi connectivity index (χ1v) is 6.29. The molecule has 94 valence electrons. The minimum Gasteiger partial charge on any atom is -0.481 e. The molecule has 2 amide bonds. The molecule has 0 aromatic carbocycles. The molecular weight excluding hydrogens is 240 g/mol. The summed E-state index contributed by atoms with van der Waals surface area (Å²) in [5, 5.41) is 17.8. The summed E-state index contributed by atoms with van der Waals surface area (Å²) in [7, 11) is 0. The van der Waals surface area contributed by atoms with Crippen LogP contribution in [0.4, 0.5) is 4.79 Å². The van der Waals surface area contributed by atoms with Gasteiger partial charge in [0.05, 0.1) is 0 Å². The fourth-order valence-electron chi connectivity index (χ4n) is 1.26. The molecular formula is C11H16N2O3S. The van der Waals surface area contributed by atoms with Gasteiger partial charge in [0.25, 0.3) is 0 Å². The van der Waals surface area contributed by atoms with Gasteiger partial charge in [-0.3, -0.25) is 4.79 Å². The zero-order chi connectivity index (χ0) is 12.7. The highest BCUT2D eigenvalue weighted by molar-refractivity contribution is 7.07. The number of aliphatic carboxylic acids is 1. The fraction of sp³-hybridized carbons (Fsp3) is 0.455. The van der Waals surface area contributed by atoms with Gasteiger partial charge in [-0.25, -0.2) is 4.79 Å². The van der Waals surface area contributed by atoms with Gasteiger partial charge in [-0.05, 0) is 35.7 Å². The lowest BCUT2D eigenvalue weighted by Crippen LogP contribution is -2.40. The first kappa shape index (κ1) is 13.5. The predicted molar refractivity (Wildman–Crippen MR) is 66.0 cm³/mol. The number of carbonyl (C=O) groups is 2. The van der Waals surface area contributed by atoms with Crippen LogP contribution in [0.3, 0.4) is 0 Å². The van der Waals surface area contributed by atoms with Gasteiger partial charge < -0.3 is 15.7 Å². The Bertz CT molecular complexity index is 365. The van der Waals surface area contributed by atoms with E-state index in [0.717, 1.165) is 5.56 Å². The molecule has 0 bridgehead atoms. The third-order valence-electron chi connectivity index (χ3n) is 2.20. The van der Waals surface area contributed by atoms with Crippen LogP contribution in [0.2, 0.25) is 0 Å². The standard InChI is InChI=1S/C11H16N2O3S/c1-8(2-3-10(14)15)13-11(16)12-6-9-4-5-17-7-9/h4-5,7-8H,2-3,6H2,1H3,(H,14,15)(H2,12,13,16). The Morgan fingerprint density at radius 2 is 2.29 bits per heavy atom. The molecule has 0 radical (unpaired) electrons. The summed E-state index contributed by atoms with van der Waals surface area (Å²) < 4.78 is 0. The van der Waals surface area contributed by atoms with Crippen LogP contribution in [-0.2, 0) is 11.3 Å². The molecule has 0 aliphatic rings. The number of thiophene rings is 1. The number of nitrogens with one attached hydrogen (secondary N) is 2. The second-order valence-corrected chi connectivity index (χ2v) is 4.57. The number of amides is 2. The lowest BCUT2D eigenvalue weighted by atomic mass is 10.2. The van der Waals surface area contributed by atoms with Crippen LogP contribution in [0.25, 0.3) is 0 Å². The first-order chi connectivity index (χ1) is 8.08. The van der Waals surface area contributed by atoms with Crippen molar-refractivity contribution in [2.24, 2.45) is 0 Å². The van der Waals surface area contributed by atoms with Crippen molar-refractivity contribution in [3.63, 3.8) is 0 Å². The normalized spacial score (nSPS) is 11.8. The molecule has 0 aliphatic heterocycles. The molecule has 0 fully saturated rings. The highest BCUT2D eigenvalue weighted by Gasteiger charge is 2.08. The second kappa shape index (κ2) is 6.90. The lowest BCUT2D eigenvalue weighted by Gasteiger charge is -2.13. The second-order valence-electron chi connectivity index (χ2n) is 3.79. The minimum absolute atomic E-state index is 0.0615. The van der Waals surface area contributed by atoms with Crippen molar-refractivity contribution in [1.29, 1.82) is 0 Å². The quantitative estimate of drug-likeness (QED) is 0.726. The van der Waals surface area contributed by atoms with E-state index in [4.69, 9.17) is 5.11 Å². The largest absolute Gasteiger partial charge is 0.481 e. The van der Waals surface area contributed by atoms with Crippen molar-refractivity contribution >= 4 is 23.3 Å². The number of urea groups is 1. The van der Waals surface area contributed by atoms with Crippen molar-refractivity contribution in [3.8, 4) is 0 Å². The maximum Gasteiger partial charge on any atom is 0.315 e. The van der Waals surface area contributed by atoms with Crippen molar-refractivity contribution in [2.45, 2.75) is 32.4 Å². The zero-order valence-electron chi connectivity index (χ0n) is 9.60. The monoisotopic (exact) mass is 256 g/mol. The topological polar surface area (TPSA) is 78.4 Å². The van der Waals surface area contributed by atoms with Crippen LogP contribution in [0.5, 0.6) is 0 Å². The van der Waals surface area contributed by atoms with Crippen LogP contribution in [0.1, 0.15) is 25.3 Å². The smallest absolute Gasteiger partial charge is 0.315 e. The molecule has 0 spiro atoms. The molecule has 5 nitrogen and oxygen atoms in total. The van der Waals surface area contributed by atoms with Gasteiger partial charge in [0.15, 0.2) is 0 Å². The van der Waals surface area contributed by atoms with Crippen molar-refractivity contribution in [1.82, 2.24) is 10.6 Å². The molecule has 1 atom stereocenters. The van der Waals surface area contributed by atoms with Crippen LogP contribution in [-0.4, -0.2) is 23.1 Å². The van der Waals surface area contributed by atoms with E-state index in [1.807, 2.05) is 16.8 Å². The van der Waals surface area contributed by atoms with E-state index in [-0.39, 0.29) is 18.5 Å². The van der Waals surface area contributed by atoms with E-state index >= 15 is 0 Å². The van der Waals surface area contributed by atoms with Crippen molar-refractivity contribution in [2.75, 3.05) is 0 Å². The Hall–Kier alpha value is -1.56. The van der Waals surface area contributed by atoms with Crippen LogP contribution < -0.4 is 10.6 Å². The Labute approximate surface area is 104 Å². The Morgan fingerprint density at radius 1 is 1.53 bits per heavy atom. The van der Waals surface area contributed by atoms with Gasteiger partial charge >= 0.3 is 12.0 Å². The molecule has 0 aliphatic carbocycles. The highest BCUT2D eigenvalue weighted by Crippen LogP contribution is 2.04. The Balaban J connectivity index is 2.18. The van der Waals surface area contributed by atoms with Gasteiger partial charge in [-0.1, -0.05) is 0 Å². The molecule has 1 aromatic heterocycles. The molecule has 1 heterocycles. The van der Waals surface area contributed by atoms with Gasteiger partial charge in [-0.15, -0.1) is 0 Å². The van der Waals surface area contributed by atoms with Gasteiger partial charge in [0.1, 0.15) is 0 Å². The van der Waals surface area contributed by atoms with E-state index in [1.165, 1.54) is 0 Å². The fourth-order valence-corrected chi connectivity index (χ4v) is 1.93. The Kier molecular flexibility index (Phi) is 5.48. The van der Waals surface area contributed by atoms with Gasteiger partial charge in [0.2, 0.25) is 0 Å². The first-order valence-electron chi connectivity index (χ1n) is 5.35. The molecule has 6 heteroatoms. The SMILES string of the molecule is CC(CCC(=O)O)NC(=O)NCc1ccsc1. The summed E-state index contributed by atoms with van der Waals surface area (Å²) in [6.07, 6.45) is 0.493. The van der Waals surface area contributed by atoms with Crippen molar-refractivity contribution in [3.05, 3.63) is 22.4 Å². The summed E-state index contributed by atoms with van der Waals surface area (Å²) in [6, 6.07) is 1.53. The van der Waals surface area contributed by atoms with E-state index < -0.39 is 5.97 Å². The van der Waals surface area contributed by atoms with E-state index in [1.54, 1.807) is 18.3 Å². The van der Waals surface area contributed by atoms with E-state index in [9.17, 15) is 9.59 Å². The Morgan fingerprint density at radius 3 is 2.88 bits per heavy atom. The number of hydrogen-bond donors (Lipinski definition) is 3. The summed E-state index contributed by atoms with van der Waals surface area (Å²) >= 11 is 1.58. The third-order valence-corrected chi connectivity index (χ3v) is 2.93. The number of carbonyl (C=O) groups excluding carboxylic acids is 1. The summed E-state index contributed by atoms with van der Waals surface area (Å²) in [4.78, 5) is 21.8. The van der Waals surface area contributed by atoms with Crippen LogP contribution in [0.15, 0.2) is 16.8 Å². The number of carboxylic acids is 1. The van der Waals surface area contributed by atoms with Crippen molar-refractivity contribution < 1.29 is 14.7 Å². The zero-order valence-corrected chi connectivity index (χ0v) is 10.4.